The van der Waals surface area contributed by atoms with E-state index in [1.165, 1.54) is 6.20 Å². The Morgan fingerprint density at radius 2 is 2.50 bits per heavy atom. The molecule has 1 heterocycles. The smallest absolute Gasteiger partial charge is 0.269 e. The fourth-order valence-corrected chi connectivity index (χ4v) is 1.04. The van der Waals surface area contributed by atoms with E-state index in [1.807, 2.05) is 6.92 Å². The molecule has 0 N–H and O–H groups in total. The van der Waals surface area contributed by atoms with Crippen LogP contribution >= 0.6 is 0 Å². The second-order valence-corrected chi connectivity index (χ2v) is 2.63. The van der Waals surface area contributed by atoms with Crippen molar-refractivity contribution in [3.8, 4) is 0 Å². The molecule has 0 amide bonds. The summed E-state index contributed by atoms with van der Waals surface area (Å²) in [6.07, 6.45) is 4.55. The van der Waals surface area contributed by atoms with Crippen LogP contribution in [-0.4, -0.2) is 23.3 Å². The maximum atomic E-state index is 11.2. The van der Waals surface area contributed by atoms with Crippen molar-refractivity contribution in [2.45, 2.75) is 13.0 Å². The van der Waals surface area contributed by atoms with Crippen molar-refractivity contribution in [3.63, 3.8) is 0 Å². The van der Waals surface area contributed by atoms with Gasteiger partial charge in [0.05, 0.1) is 18.8 Å². The van der Waals surface area contributed by atoms with Crippen molar-refractivity contribution in [1.29, 1.82) is 0 Å². The van der Waals surface area contributed by atoms with Gasteiger partial charge in [0.2, 0.25) is 0 Å². The van der Waals surface area contributed by atoms with Crippen LogP contribution in [0.5, 0.6) is 0 Å². The molecule has 0 saturated heterocycles. The first-order chi connectivity index (χ1) is 5.75. The van der Waals surface area contributed by atoms with Gasteiger partial charge in [-0.15, -0.1) is 0 Å². The highest BCUT2D eigenvalue weighted by Crippen LogP contribution is 1.99. The van der Waals surface area contributed by atoms with Gasteiger partial charge in [-0.25, -0.2) is 0 Å². The Hall–Kier alpha value is -1.16. The van der Waals surface area contributed by atoms with Gasteiger partial charge in [0.25, 0.3) is 5.56 Å². The van der Waals surface area contributed by atoms with Gasteiger partial charge in [-0.05, 0) is 6.92 Å². The Balaban J connectivity index is 2.87. The van der Waals surface area contributed by atoms with Crippen LogP contribution in [0.15, 0.2) is 23.4 Å². The second kappa shape index (κ2) is 4.01. The number of aromatic nitrogens is 2. The van der Waals surface area contributed by atoms with Gasteiger partial charge in [0.15, 0.2) is 0 Å². The van der Waals surface area contributed by atoms with Crippen LogP contribution in [0.4, 0.5) is 0 Å². The van der Waals surface area contributed by atoms with Gasteiger partial charge in [0.1, 0.15) is 0 Å². The highest BCUT2D eigenvalue weighted by molar-refractivity contribution is 4.83. The Kier molecular flexibility index (Phi) is 2.99. The molecule has 0 aromatic carbocycles. The fraction of sp³-hybridized carbons (Fsp3) is 0.500. The van der Waals surface area contributed by atoms with E-state index in [1.54, 1.807) is 24.1 Å². The largest absolute Gasteiger partial charge is 0.383 e. The van der Waals surface area contributed by atoms with Gasteiger partial charge in [-0.1, -0.05) is 0 Å². The van der Waals surface area contributed by atoms with E-state index in [2.05, 4.69) is 4.98 Å². The van der Waals surface area contributed by atoms with Crippen molar-refractivity contribution in [1.82, 2.24) is 9.55 Å². The molecule has 12 heavy (non-hydrogen) atoms. The van der Waals surface area contributed by atoms with Crippen LogP contribution in [-0.2, 0) is 4.74 Å². The van der Waals surface area contributed by atoms with Gasteiger partial charge < -0.3 is 9.30 Å². The summed E-state index contributed by atoms with van der Waals surface area (Å²) in [7, 11) is 1.61. The van der Waals surface area contributed by atoms with Gasteiger partial charge in [-0.2, -0.15) is 0 Å². The lowest BCUT2D eigenvalue weighted by Gasteiger charge is -2.12. The molecule has 0 bridgehead atoms. The van der Waals surface area contributed by atoms with E-state index in [4.69, 9.17) is 4.74 Å². The van der Waals surface area contributed by atoms with E-state index >= 15 is 0 Å². The standard InChI is InChI=1S/C8H12N2O2/c1-7(6-12-2)10-4-3-9-5-8(10)11/h3-5,7H,6H2,1-2H3/t7-/m1/s1. The van der Waals surface area contributed by atoms with E-state index < -0.39 is 0 Å². The molecule has 1 rings (SSSR count). The molecule has 0 aliphatic heterocycles. The number of rotatable bonds is 3. The Labute approximate surface area is 70.8 Å². The third kappa shape index (κ3) is 1.92. The zero-order chi connectivity index (χ0) is 8.97. The molecule has 4 heteroatoms. The van der Waals surface area contributed by atoms with Gasteiger partial charge >= 0.3 is 0 Å². The molecule has 0 fully saturated rings. The van der Waals surface area contributed by atoms with Crippen LogP contribution in [0.2, 0.25) is 0 Å². The molecule has 1 aromatic heterocycles. The Bertz CT molecular complexity index is 295. The van der Waals surface area contributed by atoms with Gasteiger partial charge in [-0.3, -0.25) is 9.78 Å². The zero-order valence-electron chi connectivity index (χ0n) is 7.23. The highest BCUT2D eigenvalue weighted by atomic mass is 16.5. The van der Waals surface area contributed by atoms with Crippen molar-refractivity contribution in [2.24, 2.45) is 0 Å². The van der Waals surface area contributed by atoms with E-state index in [0.717, 1.165) is 0 Å². The van der Waals surface area contributed by atoms with Crippen LogP contribution in [0, 0.1) is 0 Å². The molecular formula is C8H12N2O2. The molecule has 0 aliphatic rings. The summed E-state index contributed by atoms with van der Waals surface area (Å²) in [4.78, 5) is 14.9. The Morgan fingerprint density at radius 1 is 1.75 bits per heavy atom. The first-order valence-electron chi connectivity index (χ1n) is 3.77. The van der Waals surface area contributed by atoms with E-state index in [0.29, 0.717) is 6.61 Å². The molecule has 0 saturated carbocycles. The predicted octanol–water partition coefficient (Wildman–Crippen LogP) is 0.451. The minimum absolute atomic E-state index is 0.0606. The summed E-state index contributed by atoms with van der Waals surface area (Å²) in [5.74, 6) is 0. The minimum Gasteiger partial charge on any atom is -0.383 e. The first-order valence-corrected chi connectivity index (χ1v) is 3.77. The SMILES string of the molecule is COC[C@@H](C)n1ccncc1=O. The molecule has 4 nitrogen and oxygen atoms in total. The van der Waals surface area contributed by atoms with Gasteiger partial charge in [0, 0.05) is 19.5 Å². The number of nitrogens with zero attached hydrogens (tertiary/aromatic N) is 2. The maximum Gasteiger partial charge on any atom is 0.269 e. The zero-order valence-corrected chi connectivity index (χ0v) is 7.23. The molecule has 0 aliphatic carbocycles. The average molecular weight is 168 g/mol. The van der Waals surface area contributed by atoms with Crippen LogP contribution in [0.1, 0.15) is 13.0 Å². The van der Waals surface area contributed by atoms with Crippen LogP contribution in [0.25, 0.3) is 0 Å². The normalized spacial score (nSPS) is 12.8. The molecule has 1 aromatic rings. The molecule has 0 spiro atoms. The monoisotopic (exact) mass is 168 g/mol. The van der Waals surface area contributed by atoms with Crippen LogP contribution < -0.4 is 5.56 Å². The lowest BCUT2D eigenvalue weighted by Crippen LogP contribution is -2.24. The van der Waals surface area contributed by atoms with Crippen molar-refractivity contribution in [2.75, 3.05) is 13.7 Å². The summed E-state index contributed by atoms with van der Waals surface area (Å²) in [6, 6.07) is 0.0606. The lowest BCUT2D eigenvalue weighted by atomic mass is 10.3. The predicted molar refractivity (Wildman–Crippen MR) is 45.1 cm³/mol. The number of hydrogen-bond acceptors (Lipinski definition) is 3. The summed E-state index contributed by atoms with van der Waals surface area (Å²) in [5, 5.41) is 0. The summed E-state index contributed by atoms with van der Waals surface area (Å²) >= 11 is 0. The highest BCUT2D eigenvalue weighted by Gasteiger charge is 2.03. The van der Waals surface area contributed by atoms with E-state index in [9.17, 15) is 4.79 Å². The summed E-state index contributed by atoms with van der Waals surface area (Å²) in [5.41, 5.74) is -0.0953. The maximum absolute atomic E-state index is 11.2. The molecule has 0 radical (unpaired) electrons. The summed E-state index contributed by atoms with van der Waals surface area (Å²) < 4.78 is 6.53. The first kappa shape index (κ1) is 8.93. The van der Waals surface area contributed by atoms with Crippen LogP contribution in [0.3, 0.4) is 0 Å². The summed E-state index contributed by atoms with van der Waals surface area (Å²) in [6.45, 7) is 2.45. The Morgan fingerprint density at radius 3 is 3.08 bits per heavy atom. The lowest BCUT2D eigenvalue weighted by molar-refractivity contribution is 0.160. The van der Waals surface area contributed by atoms with E-state index in [-0.39, 0.29) is 11.6 Å². The average Bonchev–Trinajstić information content (AvgIpc) is 2.05. The quantitative estimate of drug-likeness (QED) is 0.658. The minimum atomic E-state index is -0.0953. The topological polar surface area (TPSA) is 44.1 Å². The van der Waals surface area contributed by atoms with Crippen molar-refractivity contribution in [3.05, 3.63) is 28.9 Å². The number of methoxy groups -OCH3 is 1. The molecule has 1 atom stereocenters. The number of ether oxygens (including phenoxy) is 1. The third-order valence-electron chi connectivity index (χ3n) is 1.64. The van der Waals surface area contributed by atoms with Crippen molar-refractivity contribution < 1.29 is 4.74 Å². The second-order valence-electron chi connectivity index (χ2n) is 2.63. The number of hydrogen-bond donors (Lipinski definition) is 0. The third-order valence-corrected chi connectivity index (χ3v) is 1.64. The molecule has 66 valence electrons. The molecular weight excluding hydrogens is 156 g/mol. The molecule has 0 unspecified atom stereocenters. The fourth-order valence-electron chi connectivity index (χ4n) is 1.04. The van der Waals surface area contributed by atoms with Crippen molar-refractivity contribution >= 4 is 0 Å².